The van der Waals surface area contributed by atoms with Crippen molar-refractivity contribution in [2.24, 2.45) is 0 Å². The van der Waals surface area contributed by atoms with E-state index < -0.39 is 17.6 Å². The van der Waals surface area contributed by atoms with Crippen molar-refractivity contribution in [3.05, 3.63) is 44.7 Å². The minimum atomic E-state index is -0.918. The first-order valence-corrected chi connectivity index (χ1v) is 11.9. The van der Waals surface area contributed by atoms with E-state index in [1.165, 1.54) is 22.5 Å². The number of anilines is 1. The summed E-state index contributed by atoms with van der Waals surface area (Å²) >= 11 is 6.41. The summed E-state index contributed by atoms with van der Waals surface area (Å²) in [7, 11) is 1.25. The number of nitrogens with zero attached hydrogens (tertiary/aromatic N) is 4. The zero-order valence-corrected chi connectivity index (χ0v) is 20.5. The van der Waals surface area contributed by atoms with E-state index in [9.17, 15) is 19.2 Å². The lowest BCUT2D eigenvalue weighted by atomic mass is 10.1. The number of rotatable bonds is 5. The van der Waals surface area contributed by atoms with Gasteiger partial charge in [-0.3, -0.25) is 28.5 Å². The number of carbonyl (C=O) groups excluding carboxylic acids is 3. The van der Waals surface area contributed by atoms with Gasteiger partial charge in [0.15, 0.2) is 0 Å². The molecule has 1 atom stereocenters. The number of amides is 2. The highest BCUT2D eigenvalue weighted by Crippen LogP contribution is 2.33. The molecule has 2 saturated heterocycles. The standard InChI is InChI=1S/C22H23N5O5S2/c1-4-25-21(31)15(34-22(25)33)9-13-18(24-16-6-5-12(2)11-27(16)20(13)30)26-8-7-23-19(29)14(26)10-17(28)32-3/h5-6,9,11,14H,4,7-8,10H2,1-3H3,(H,23,29)/b15-9-/t14-/m0/s1. The third-order valence-electron chi connectivity index (χ3n) is 5.64. The van der Waals surface area contributed by atoms with E-state index in [0.29, 0.717) is 34.5 Å². The SMILES string of the molecule is CCN1C(=O)/C(=C/c2c(N3CCNC(=O)[C@@H]3CC(=O)OC)nc3ccc(C)cn3c2=O)SC1=S. The second kappa shape index (κ2) is 9.55. The van der Waals surface area contributed by atoms with Gasteiger partial charge >= 0.3 is 5.97 Å². The minimum absolute atomic E-state index is 0.143. The molecule has 2 aromatic rings. The quantitative estimate of drug-likeness (QED) is 0.365. The van der Waals surface area contributed by atoms with Gasteiger partial charge in [0.05, 0.1) is 24.0 Å². The molecule has 34 heavy (non-hydrogen) atoms. The van der Waals surface area contributed by atoms with Crippen LogP contribution in [0, 0.1) is 6.92 Å². The number of esters is 1. The van der Waals surface area contributed by atoms with Crippen molar-refractivity contribution in [2.45, 2.75) is 26.3 Å². The highest BCUT2D eigenvalue weighted by Gasteiger charge is 2.36. The number of methoxy groups -OCH3 is 1. The van der Waals surface area contributed by atoms with Crippen LogP contribution in [-0.2, 0) is 19.1 Å². The first-order chi connectivity index (χ1) is 16.2. The van der Waals surface area contributed by atoms with Crippen LogP contribution >= 0.6 is 24.0 Å². The lowest BCUT2D eigenvalue weighted by molar-refractivity contribution is -0.143. The van der Waals surface area contributed by atoms with E-state index >= 15 is 0 Å². The summed E-state index contributed by atoms with van der Waals surface area (Å²) in [6.07, 6.45) is 2.93. The third kappa shape index (κ3) is 4.30. The zero-order chi connectivity index (χ0) is 24.6. The molecule has 0 aromatic carbocycles. The second-order valence-electron chi connectivity index (χ2n) is 7.80. The summed E-state index contributed by atoms with van der Waals surface area (Å²) in [6, 6.07) is 2.62. The van der Waals surface area contributed by atoms with E-state index in [2.05, 4.69) is 10.3 Å². The molecule has 0 bridgehead atoms. The zero-order valence-electron chi connectivity index (χ0n) is 18.9. The van der Waals surface area contributed by atoms with Gasteiger partial charge in [0.2, 0.25) is 5.91 Å². The Labute approximate surface area is 204 Å². The number of pyridine rings is 1. The Morgan fingerprint density at radius 3 is 2.79 bits per heavy atom. The lowest BCUT2D eigenvalue weighted by Crippen LogP contribution is -2.57. The number of aryl methyl sites for hydroxylation is 1. The van der Waals surface area contributed by atoms with Crippen molar-refractivity contribution in [1.29, 1.82) is 0 Å². The molecule has 0 spiro atoms. The number of likely N-dealkylation sites (N-methyl/N-ethyl adjacent to an activating group) is 1. The molecular weight excluding hydrogens is 478 g/mol. The summed E-state index contributed by atoms with van der Waals surface area (Å²) < 4.78 is 6.58. The largest absolute Gasteiger partial charge is 0.469 e. The summed E-state index contributed by atoms with van der Waals surface area (Å²) in [5.74, 6) is -1.00. The van der Waals surface area contributed by atoms with Crippen molar-refractivity contribution >= 4 is 63.6 Å². The third-order valence-corrected chi connectivity index (χ3v) is 7.02. The molecule has 0 unspecified atom stereocenters. The van der Waals surface area contributed by atoms with Crippen LogP contribution in [0.3, 0.4) is 0 Å². The Morgan fingerprint density at radius 2 is 2.12 bits per heavy atom. The molecule has 0 saturated carbocycles. The van der Waals surface area contributed by atoms with Crippen LogP contribution in [0.4, 0.5) is 5.82 Å². The van der Waals surface area contributed by atoms with Gasteiger partial charge in [-0.05, 0) is 31.6 Å². The van der Waals surface area contributed by atoms with Crippen LogP contribution in [0.1, 0.15) is 24.5 Å². The number of aromatic nitrogens is 2. The number of hydrogen-bond donors (Lipinski definition) is 1. The lowest BCUT2D eigenvalue weighted by Gasteiger charge is -2.36. The van der Waals surface area contributed by atoms with Crippen molar-refractivity contribution in [3.63, 3.8) is 0 Å². The highest BCUT2D eigenvalue weighted by molar-refractivity contribution is 8.26. The van der Waals surface area contributed by atoms with Crippen LogP contribution in [0.2, 0.25) is 0 Å². The van der Waals surface area contributed by atoms with Gasteiger partial charge in [-0.2, -0.15) is 0 Å². The molecule has 2 aliphatic rings. The predicted octanol–water partition coefficient (Wildman–Crippen LogP) is 1.09. The second-order valence-corrected chi connectivity index (χ2v) is 9.47. The van der Waals surface area contributed by atoms with Crippen LogP contribution in [0.5, 0.6) is 0 Å². The molecule has 1 N–H and O–H groups in total. The Morgan fingerprint density at radius 1 is 1.35 bits per heavy atom. The molecule has 0 radical (unpaired) electrons. The Bertz CT molecular complexity index is 1300. The van der Waals surface area contributed by atoms with E-state index in [1.807, 2.05) is 19.9 Å². The molecular formula is C22H23N5O5S2. The number of ether oxygens (including phenoxy) is 1. The molecule has 2 fully saturated rings. The Kier molecular flexibility index (Phi) is 6.71. The summed E-state index contributed by atoms with van der Waals surface area (Å²) in [5.41, 5.74) is 0.984. The summed E-state index contributed by atoms with van der Waals surface area (Å²) in [4.78, 5) is 59.3. The normalized spacial score (nSPS) is 19.8. The van der Waals surface area contributed by atoms with Crippen LogP contribution in [0.25, 0.3) is 11.7 Å². The van der Waals surface area contributed by atoms with Gasteiger partial charge in [0.1, 0.15) is 21.8 Å². The first kappa shape index (κ1) is 23.9. The topological polar surface area (TPSA) is 113 Å². The maximum Gasteiger partial charge on any atom is 0.308 e. The van der Waals surface area contributed by atoms with Gasteiger partial charge in [0, 0.05) is 25.8 Å². The first-order valence-electron chi connectivity index (χ1n) is 10.6. The maximum atomic E-state index is 13.6. The van der Waals surface area contributed by atoms with E-state index in [4.69, 9.17) is 17.0 Å². The average Bonchev–Trinajstić information content (AvgIpc) is 3.09. The molecule has 2 amide bonds. The summed E-state index contributed by atoms with van der Waals surface area (Å²) in [5, 5.41) is 2.74. The summed E-state index contributed by atoms with van der Waals surface area (Å²) in [6.45, 7) is 4.71. The number of thioether (sulfide) groups is 1. The Balaban J connectivity index is 1.93. The van der Waals surface area contributed by atoms with Crippen molar-refractivity contribution in [2.75, 3.05) is 31.6 Å². The monoisotopic (exact) mass is 501 g/mol. The molecule has 12 heteroatoms. The molecule has 4 heterocycles. The van der Waals surface area contributed by atoms with E-state index in [0.717, 1.165) is 17.3 Å². The van der Waals surface area contributed by atoms with Crippen molar-refractivity contribution < 1.29 is 19.1 Å². The van der Waals surface area contributed by atoms with Crippen LogP contribution in [-0.4, -0.2) is 69.2 Å². The fourth-order valence-corrected chi connectivity index (χ4v) is 5.27. The van der Waals surface area contributed by atoms with Crippen molar-refractivity contribution in [1.82, 2.24) is 19.6 Å². The van der Waals surface area contributed by atoms with Gasteiger partial charge in [-0.1, -0.05) is 30.0 Å². The van der Waals surface area contributed by atoms with Gasteiger partial charge < -0.3 is 15.0 Å². The van der Waals surface area contributed by atoms with Gasteiger partial charge in [-0.15, -0.1) is 0 Å². The Hall–Kier alpha value is -3.25. The highest BCUT2D eigenvalue weighted by atomic mass is 32.2. The molecule has 178 valence electrons. The fourth-order valence-electron chi connectivity index (χ4n) is 3.91. The number of nitrogens with one attached hydrogen (secondary N) is 1. The number of thiocarbonyl (C=S) groups is 1. The number of piperazine rings is 1. The molecule has 2 aliphatic heterocycles. The van der Waals surface area contributed by atoms with E-state index in [-0.39, 0.29) is 29.6 Å². The molecule has 2 aromatic heterocycles. The molecule has 10 nitrogen and oxygen atoms in total. The van der Waals surface area contributed by atoms with Crippen molar-refractivity contribution in [3.8, 4) is 0 Å². The number of fused-ring (bicyclic) bond motifs is 1. The fraction of sp³-hybridized carbons (Fsp3) is 0.364. The number of carbonyl (C=O) groups is 3. The van der Waals surface area contributed by atoms with Gasteiger partial charge in [0.25, 0.3) is 11.5 Å². The maximum absolute atomic E-state index is 13.6. The molecule has 0 aliphatic carbocycles. The van der Waals surface area contributed by atoms with E-state index in [1.54, 1.807) is 17.2 Å². The van der Waals surface area contributed by atoms with Crippen LogP contribution in [0.15, 0.2) is 28.0 Å². The van der Waals surface area contributed by atoms with Crippen LogP contribution < -0.4 is 15.8 Å². The average molecular weight is 502 g/mol. The number of hydrogen-bond acceptors (Lipinski definition) is 9. The van der Waals surface area contributed by atoms with Gasteiger partial charge in [-0.25, -0.2) is 4.98 Å². The smallest absolute Gasteiger partial charge is 0.308 e. The predicted molar refractivity (Wildman–Crippen MR) is 133 cm³/mol. The minimum Gasteiger partial charge on any atom is -0.469 e. The molecule has 4 rings (SSSR count).